The molecule has 0 aliphatic heterocycles. The molecular weight excluding hydrogens is 212 g/mol. The number of nitrogens with zero attached hydrogens (tertiary/aromatic N) is 2. The minimum Gasteiger partial charge on any atom is -0.393 e. The van der Waals surface area contributed by atoms with E-state index < -0.39 is 0 Å². The van der Waals surface area contributed by atoms with Crippen LogP contribution in [0.3, 0.4) is 0 Å². The molecule has 1 aromatic rings. The largest absolute Gasteiger partial charge is 0.393 e. The third-order valence-corrected chi connectivity index (χ3v) is 3.97. The van der Waals surface area contributed by atoms with Gasteiger partial charge < -0.3 is 5.11 Å². The van der Waals surface area contributed by atoms with Crippen molar-refractivity contribution >= 4 is 0 Å². The average Bonchev–Trinajstić information content (AvgIpc) is 2.92. The normalized spacial score (nSPS) is 24.4. The van der Waals surface area contributed by atoms with Crippen LogP contribution in [-0.2, 0) is 19.4 Å². The lowest BCUT2D eigenvalue weighted by Crippen LogP contribution is -2.16. The second-order valence-corrected chi connectivity index (χ2v) is 5.10. The van der Waals surface area contributed by atoms with Gasteiger partial charge in [-0.05, 0) is 44.1 Å². The van der Waals surface area contributed by atoms with Gasteiger partial charge in [0.2, 0.25) is 0 Å². The highest BCUT2D eigenvalue weighted by Gasteiger charge is 2.24. The molecule has 0 amide bonds. The van der Waals surface area contributed by atoms with Gasteiger partial charge in [0.25, 0.3) is 0 Å². The SMILES string of the molecule is CCc1cc(CC)n(CCC2CCCC2O)n1. The van der Waals surface area contributed by atoms with Crippen LogP contribution in [-0.4, -0.2) is 21.0 Å². The Morgan fingerprint density at radius 1 is 1.35 bits per heavy atom. The first-order valence-electron chi connectivity index (χ1n) is 6.98. The van der Waals surface area contributed by atoms with Crippen molar-refractivity contribution in [3.63, 3.8) is 0 Å². The number of rotatable bonds is 5. The van der Waals surface area contributed by atoms with E-state index >= 15 is 0 Å². The van der Waals surface area contributed by atoms with E-state index in [1.807, 2.05) is 0 Å². The number of aromatic nitrogens is 2. The van der Waals surface area contributed by atoms with E-state index in [2.05, 4.69) is 29.7 Å². The lowest BCUT2D eigenvalue weighted by Gasteiger charge is -2.14. The second-order valence-electron chi connectivity index (χ2n) is 5.10. The molecule has 1 aliphatic rings. The van der Waals surface area contributed by atoms with Crippen LogP contribution in [0.25, 0.3) is 0 Å². The molecule has 1 aromatic heterocycles. The quantitative estimate of drug-likeness (QED) is 0.853. The fourth-order valence-electron chi connectivity index (χ4n) is 2.81. The van der Waals surface area contributed by atoms with Crippen LogP contribution in [0.4, 0.5) is 0 Å². The van der Waals surface area contributed by atoms with Crippen molar-refractivity contribution in [2.75, 3.05) is 0 Å². The Labute approximate surface area is 104 Å². The lowest BCUT2D eigenvalue weighted by atomic mass is 10.0. The van der Waals surface area contributed by atoms with Gasteiger partial charge in [0.1, 0.15) is 0 Å². The molecule has 1 heterocycles. The summed E-state index contributed by atoms with van der Waals surface area (Å²) in [4.78, 5) is 0. The van der Waals surface area contributed by atoms with E-state index in [1.165, 1.54) is 24.2 Å². The van der Waals surface area contributed by atoms with Crippen molar-refractivity contribution in [1.29, 1.82) is 0 Å². The molecular formula is C14H24N2O. The van der Waals surface area contributed by atoms with E-state index in [0.717, 1.165) is 32.2 Å². The van der Waals surface area contributed by atoms with Crippen LogP contribution in [0.5, 0.6) is 0 Å². The highest BCUT2D eigenvalue weighted by atomic mass is 16.3. The Kier molecular flexibility index (Phi) is 4.21. The summed E-state index contributed by atoms with van der Waals surface area (Å²) in [5.41, 5.74) is 2.52. The Morgan fingerprint density at radius 2 is 2.18 bits per heavy atom. The first kappa shape index (κ1) is 12.6. The van der Waals surface area contributed by atoms with Crippen molar-refractivity contribution < 1.29 is 5.11 Å². The number of hydrogen-bond donors (Lipinski definition) is 1. The lowest BCUT2D eigenvalue weighted by molar-refractivity contribution is 0.124. The molecule has 0 saturated heterocycles. The number of aliphatic hydroxyl groups is 1. The Morgan fingerprint density at radius 3 is 2.76 bits per heavy atom. The summed E-state index contributed by atoms with van der Waals surface area (Å²) in [6, 6.07) is 2.21. The van der Waals surface area contributed by atoms with Gasteiger partial charge in [-0.15, -0.1) is 0 Å². The Bertz CT molecular complexity index is 359. The zero-order valence-corrected chi connectivity index (χ0v) is 11.0. The summed E-state index contributed by atoms with van der Waals surface area (Å²) in [5.74, 6) is 0.494. The molecule has 0 aromatic carbocycles. The summed E-state index contributed by atoms with van der Waals surface area (Å²) in [7, 11) is 0. The fourth-order valence-corrected chi connectivity index (χ4v) is 2.81. The van der Waals surface area contributed by atoms with Crippen molar-refractivity contribution in [2.24, 2.45) is 5.92 Å². The standard InChI is InChI=1S/C14H24N2O/c1-3-12-10-13(4-2)16(15-12)9-8-11-6-5-7-14(11)17/h10-11,14,17H,3-9H2,1-2H3. The van der Waals surface area contributed by atoms with Gasteiger partial charge >= 0.3 is 0 Å². The number of aliphatic hydroxyl groups excluding tert-OH is 1. The van der Waals surface area contributed by atoms with Gasteiger partial charge in [0.15, 0.2) is 0 Å². The van der Waals surface area contributed by atoms with Gasteiger partial charge in [-0.1, -0.05) is 20.3 Å². The average molecular weight is 236 g/mol. The molecule has 2 atom stereocenters. The fraction of sp³-hybridized carbons (Fsp3) is 0.786. The predicted octanol–water partition coefficient (Wildman–Crippen LogP) is 2.56. The maximum absolute atomic E-state index is 9.82. The van der Waals surface area contributed by atoms with Crippen LogP contribution in [0.1, 0.15) is 50.9 Å². The monoisotopic (exact) mass is 236 g/mol. The van der Waals surface area contributed by atoms with Gasteiger partial charge in [-0.2, -0.15) is 5.10 Å². The molecule has 3 nitrogen and oxygen atoms in total. The van der Waals surface area contributed by atoms with Crippen LogP contribution >= 0.6 is 0 Å². The highest BCUT2D eigenvalue weighted by molar-refractivity contribution is 5.10. The second kappa shape index (κ2) is 5.67. The van der Waals surface area contributed by atoms with Crippen LogP contribution in [0.2, 0.25) is 0 Å². The predicted molar refractivity (Wildman–Crippen MR) is 68.9 cm³/mol. The molecule has 0 bridgehead atoms. The summed E-state index contributed by atoms with van der Waals surface area (Å²) in [6.45, 7) is 5.29. The minimum atomic E-state index is -0.0683. The Hall–Kier alpha value is -0.830. The molecule has 1 fully saturated rings. The van der Waals surface area contributed by atoms with E-state index in [1.54, 1.807) is 0 Å². The maximum atomic E-state index is 9.82. The molecule has 2 unspecified atom stereocenters. The van der Waals surface area contributed by atoms with E-state index in [-0.39, 0.29) is 6.10 Å². The highest BCUT2D eigenvalue weighted by Crippen LogP contribution is 2.28. The third-order valence-electron chi connectivity index (χ3n) is 3.97. The van der Waals surface area contributed by atoms with Gasteiger partial charge in [0, 0.05) is 12.2 Å². The van der Waals surface area contributed by atoms with Crippen molar-refractivity contribution in [2.45, 2.75) is 65.0 Å². The topological polar surface area (TPSA) is 38.0 Å². The smallest absolute Gasteiger partial charge is 0.0624 e. The van der Waals surface area contributed by atoms with Crippen molar-refractivity contribution in [1.82, 2.24) is 9.78 Å². The number of hydrogen-bond acceptors (Lipinski definition) is 2. The summed E-state index contributed by atoms with van der Waals surface area (Å²) in [5, 5.41) is 14.4. The molecule has 0 radical (unpaired) electrons. The number of aryl methyl sites for hydroxylation is 3. The molecule has 3 heteroatoms. The van der Waals surface area contributed by atoms with Crippen LogP contribution < -0.4 is 0 Å². The molecule has 2 rings (SSSR count). The molecule has 1 N–H and O–H groups in total. The van der Waals surface area contributed by atoms with E-state index in [0.29, 0.717) is 5.92 Å². The van der Waals surface area contributed by atoms with Crippen LogP contribution in [0.15, 0.2) is 6.07 Å². The van der Waals surface area contributed by atoms with Gasteiger partial charge in [0.05, 0.1) is 11.8 Å². The maximum Gasteiger partial charge on any atom is 0.0624 e. The molecule has 96 valence electrons. The molecule has 0 spiro atoms. The van der Waals surface area contributed by atoms with Crippen molar-refractivity contribution in [3.05, 3.63) is 17.5 Å². The Balaban J connectivity index is 1.95. The summed E-state index contributed by atoms with van der Waals surface area (Å²) >= 11 is 0. The van der Waals surface area contributed by atoms with E-state index in [9.17, 15) is 5.11 Å². The van der Waals surface area contributed by atoms with E-state index in [4.69, 9.17) is 0 Å². The zero-order chi connectivity index (χ0) is 12.3. The zero-order valence-electron chi connectivity index (χ0n) is 11.0. The first-order chi connectivity index (χ1) is 8.24. The first-order valence-corrected chi connectivity index (χ1v) is 6.98. The summed E-state index contributed by atoms with van der Waals surface area (Å²) in [6.07, 6.45) is 6.41. The molecule has 1 saturated carbocycles. The van der Waals surface area contributed by atoms with Crippen LogP contribution in [0, 0.1) is 5.92 Å². The van der Waals surface area contributed by atoms with Gasteiger partial charge in [-0.25, -0.2) is 0 Å². The summed E-state index contributed by atoms with van der Waals surface area (Å²) < 4.78 is 2.14. The van der Waals surface area contributed by atoms with Gasteiger partial charge in [-0.3, -0.25) is 4.68 Å². The minimum absolute atomic E-state index is 0.0683. The third kappa shape index (κ3) is 2.89. The molecule has 1 aliphatic carbocycles. The van der Waals surface area contributed by atoms with Crippen molar-refractivity contribution in [3.8, 4) is 0 Å². The molecule has 17 heavy (non-hydrogen) atoms.